The van der Waals surface area contributed by atoms with Crippen LogP contribution < -0.4 is 0 Å². The minimum absolute atomic E-state index is 1.13. The molecule has 0 aliphatic rings. The predicted molar refractivity (Wildman–Crippen MR) is 84.2 cm³/mol. The highest BCUT2D eigenvalue weighted by Gasteiger charge is 1.95. The van der Waals surface area contributed by atoms with Crippen molar-refractivity contribution in [3.63, 3.8) is 0 Å². The van der Waals surface area contributed by atoms with E-state index in [2.05, 4.69) is 54.0 Å². The maximum absolute atomic E-state index is 3.38. The van der Waals surface area contributed by atoms with Gasteiger partial charge in [-0.1, -0.05) is 50.8 Å². The molecule has 1 aromatic heterocycles. The van der Waals surface area contributed by atoms with Gasteiger partial charge in [0, 0.05) is 22.7 Å². The third kappa shape index (κ3) is 4.46. The minimum Gasteiger partial charge on any atom is -0.355 e. The molecule has 1 heterocycles. The number of hydrogen-bond donors (Lipinski definition) is 1. The summed E-state index contributed by atoms with van der Waals surface area (Å²) in [6.45, 7) is 2.25. The van der Waals surface area contributed by atoms with Crippen molar-refractivity contribution < 1.29 is 0 Å². The maximum Gasteiger partial charge on any atom is 0.0469 e. The minimum atomic E-state index is 1.13. The topological polar surface area (TPSA) is 15.8 Å². The Bertz CT molecular complexity index is 523. The highest BCUT2D eigenvalue weighted by Crippen LogP contribution is 2.15. The van der Waals surface area contributed by atoms with Crippen LogP contribution in [0, 0.1) is 0 Å². The Morgan fingerprint density at radius 3 is 2.79 bits per heavy atom. The van der Waals surface area contributed by atoms with Crippen molar-refractivity contribution in [3.05, 3.63) is 47.8 Å². The van der Waals surface area contributed by atoms with E-state index in [1.54, 1.807) is 0 Å². The number of nitrogens with one attached hydrogen (secondary N) is 1. The van der Waals surface area contributed by atoms with E-state index in [1.807, 2.05) is 6.08 Å². The Balaban J connectivity index is 1.81. The average Bonchev–Trinajstić information content (AvgIpc) is 2.84. The molecule has 0 unspecified atom stereocenters. The Labute approximate surface area is 116 Å². The van der Waals surface area contributed by atoms with Crippen LogP contribution in [0.5, 0.6) is 0 Å². The number of rotatable bonds is 7. The maximum atomic E-state index is 3.38. The molecule has 1 heteroatoms. The third-order valence-electron chi connectivity index (χ3n) is 3.36. The van der Waals surface area contributed by atoms with E-state index in [1.165, 1.54) is 43.0 Å². The highest BCUT2D eigenvalue weighted by atomic mass is 14.7. The fraction of sp³-hybridized carbons (Fsp3) is 0.389. The molecule has 0 saturated carbocycles. The van der Waals surface area contributed by atoms with Gasteiger partial charge in [-0.2, -0.15) is 0 Å². The number of hydrogen-bond acceptors (Lipinski definition) is 0. The Morgan fingerprint density at radius 2 is 1.95 bits per heavy atom. The van der Waals surface area contributed by atoms with Crippen molar-refractivity contribution >= 4 is 17.0 Å². The number of benzene rings is 1. The number of para-hydroxylation sites is 1. The lowest BCUT2D eigenvalue weighted by Gasteiger charge is -1.94. The van der Waals surface area contributed by atoms with Gasteiger partial charge in [0.15, 0.2) is 0 Å². The number of aromatic amines is 1. The van der Waals surface area contributed by atoms with E-state index < -0.39 is 0 Å². The van der Waals surface area contributed by atoms with Crippen LogP contribution in [0.15, 0.2) is 42.1 Å². The van der Waals surface area contributed by atoms with E-state index in [0.29, 0.717) is 0 Å². The molecule has 0 aliphatic heterocycles. The van der Waals surface area contributed by atoms with Crippen molar-refractivity contribution in [1.82, 2.24) is 4.98 Å². The standard InChI is InChI=1S/C18H23N/c1-2-3-4-5-6-7-8-9-13-17-15-16-12-10-11-14-18(16)19-17/h8,10-15,19H,2-7H2,1H3. The molecule has 0 atom stereocenters. The van der Waals surface area contributed by atoms with E-state index in [4.69, 9.17) is 0 Å². The lowest BCUT2D eigenvalue weighted by Crippen LogP contribution is -1.75. The number of H-pyrrole nitrogens is 1. The molecule has 2 aromatic rings. The predicted octanol–water partition coefficient (Wildman–Crippen LogP) is 5.70. The van der Waals surface area contributed by atoms with Gasteiger partial charge in [0.2, 0.25) is 0 Å². The second-order valence-corrected chi connectivity index (χ2v) is 5.03. The fourth-order valence-electron chi connectivity index (χ4n) is 2.26. The Kier molecular flexibility index (Phi) is 5.52. The molecule has 1 aromatic carbocycles. The van der Waals surface area contributed by atoms with Crippen LogP contribution in [0.3, 0.4) is 0 Å². The van der Waals surface area contributed by atoms with E-state index in [-0.39, 0.29) is 0 Å². The van der Waals surface area contributed by atoms with Gasteiger partial charge in [-0.3, -0.25) is 0 Å². The van der Waals surface area contributed by atoms with Gasteiger partial charge in [-0.15, -0.1) is 5.73 Å². The van der Waals surface area contributed by atoms with Crippen molar-refractivity contribution in [1.29, 1.82) is 0 Å². The second kappa shape index (κ2) is 7.66. The number of unbranched alkanes of at least 4 members (excludes halogenated alkanes) is 5. The van der Waals surface area contributed by atoms with Gasteiger partial charge < -0.3 is 4.98 Å². The van der Waals surface area contributed by atoms with Gasteiger partial charge in [0.1, 0.15) is 0 Å². The van der Waals surface area contributed by atoms with E-state index in [0.717, 1.165) is 12.1 Å². The SMILES string of the molecule is CCCCCCCC=C=Cc1cc2ccccc2[nH]1. The molecule has 0 bridgehead atoms. The quantitative estimate of drug-likeness (QED) is 0.481. The zero-order valence-corrected chi connectivity index (χ0v) is 11.8. The first-order valence-corrected chi connectivity index (χ1v) is 7.39. The molecule has 0 saturated heterocycles. The molecule has 0 spiro atoms. The first-order valence-electron chi connectivity index (χ1n) is 7.39. The summed E-state index contributed by atoms with van der Waals surface area (Å²) in [5.74, 6) is 0. The monoisotopic (exact) mass is 253 g/mol. The van der Waals surface area contributed by atoms with Crippen molar-refractivity contribution in [2.24, 2.45) is 0 Å². The molecule has 0 aliphatic carbocycles. The average molecular weight is 253 g/mol. The summed E-state index contributed by atoms with van der Waals surface area (Å²) in [6, 6.07) is 10.5. The summed E-state index contributed by atoms with van der Waals surface area (Å²) < 4.78 is 0. The lowest BCUT2D eigenvalue weighted by atomic mass is 10.1. The summed E-state index contributed by atoms with van der Waals surface area (Å²) in [7, 11) is 0. The van der Waals surface area contributed by atoms with Crippen molar-refractivity contribution in [3.8, 4) is 0 Å². The first-order chi connectivity index (χ1) is 9.40. The fourth-order valence-corrected chi connectivity index (χ4v) is 2.26. The summed E-state index contributed by atoms with van der Waals surface area (Å²) >= 11 is 0. The molecule has 0 amide bonds. The number of allylic oxidation sites excluding steroid dienone is 1. The van der Waals surface area contributed by atoms with Gasteiger partial charge in [-0.05, 0) is 31.1 Å². The van der Waals surface area contributed by atoms with Gasteiger partial charge in [-0.25, -0.2) is 0 Å². The van der Waals surface area contributed by atoms with Crippen LogP contribution in [0.2, 0.25) is 0 Å². The lowest BCUT2D eigenvalue weighted by molar-refractivity contribution is 0.637. The Hall–Kier alpha value is -1.72. The Morgan fingerprint density at radius 1 is 1.11 bits per heavy atom. The summed E-state index contributed by atoms with van der Waals surface area (Å²) in [6.07, 6.45) is 12.0. The molecule has 19 heavy (non-hydrogen) atoms. The van der Waals surface area contributed by atoms with E-state index in [9.17, 15) is 0 Å². The molecule has 100 valence electrons. The number of fused-ring (bicyclic) bond motifs is 1. The van der Waals surface area contributed by atoms with Crippen LogP contribution in [0.25, 0.3) is 17.0 Å². The van der Waals surface area contributed by atoms with Gasteiger partial charge in [0.25, 0.3) is 0 Å². The molecular formula is C18H23N. The van der Waals surface area contributed by atoms with E-state index >= 15 is 0 Å². The molecule has 0 radical (unpaired) electrons. The smallest absolute Gasteiger partial charge is 0.0469 e. The normalized spacial score (nSPS) is 10.4. The second-order valence-electron chi connectivity index (χ2n) is 5.03. The molecule has 2 rings (SSSR count). The van der Waals surface area contributed by atoms with Crippen molar-refractivity contribution in [2.45, 2.75) is 45.4 Å². The van der Waals surface area contributed by atoms with Crippen molar-refractivity contribution in [2.75, 3.05) is 0 Å². The summed E-state index contributed by atoms with van der Waals surface area (Å²) in [5.41, 5.74) is 5.59. The summed E-state index contributed by atoms with van der Waals surface area (Å²) in [4.78, 5) is 3.38. The molecule has 1 nitrogen and oxygen atoms in total. The van der Waals surface area contributed by atoms with Gasteiger partial charge in [0.05, 0.1) is 0 Å². The van der Waals surface area contributed by atoms with Crippen LogP contribution in [-0.2, 0) is 0 Å². The van der Waals surface area contributed by atoms with Crippen LogP contribution in [0.4, 0.5) is 0 Å². The molecule has 0 fully saturated rings. The van der Waals surface area contributed by atoms with Crippen LogP contribution in [0.1, 0.15) is 51.1 Å². The first kappa shape index (κ1) is 13.7. The third-order valence-corrected chi connectivity index (χ3v) is 3.36. The zero-order chi connectivity index (χ0) is 13.3. The van der Waals surface area contributed by atoms with Gasteiger partial charge >= 0.3 is 0 Å². The van der Waals surface area contributed by atoms with Crippen LogP contribution in [-0.4, -0.2) is 4.98 Å². The van der Waals surface area contributed by atoms with Crippen LogP contribution >= 0.6 is 0 Å². The zero-order valence-electron chi connectivity index (χ0n) is 11.8. The molecule has 1 N–H and O–H groups in total. The largest absolute Gasteiger partial charge is 0.355 e. The highest BCUT2D eigenvalue weighted by molar-refractivity contribution is 5.82. The summed E-state index contributed by atoms with van der Waals surface area (Å²) in [5, 5.41) is 1.26. The molecular weight excluding hydrogens is 230 g/mol. The number of aromatic nitrogens is 1.